The summed E-state index contributed by atoms with van der Waals surface area (Å²) in [6, 6.07) is 11.1. The molecule has 5 N–H and O–H groups in total. The molecule has 0 bridgehead atoms. The van der Waals surface area contributed by atoms with Crippen LogP contribution in [-0.2, 0) is 22.7 Å². The molecule has 2 aliphatic carbocycles. The van der Waals surface area contributed by atoms with Gasteiger partial charge >= 0.3 is 0 Å². The zero-order valence-electron chi connectivity index (χ0n) is 19.5. The Hall–Kier alpha value is -2.91. The lowest BCUT2D eigenvalue weighted by atomic mass is 9.92. The Morgan fingerprint density at radius 2 is 1.74 bits per heavy atom. The Bertz CT molecular complexity index is 963. The van der Waals surface area contributed by atoms with Gasteiger partial charge in [0.2, 0.25) is 5.91 Å². The number of carbonyl (C=O) groups is 2. The molecule has 2 amide bonds. The summed E-state index contributed by atoms with van der Waals surface area (Å²) in [4.78, 5) is 25.7. The molecule has 1 aromatic heterocycles. The lowest BCUT2D eigenvalue weighted by molar-refractivity contribution is -0.123. The summed E-state index contributed by atoms with van der Waals surface area (Å²) in [5.74, 6) is -0.448. The molecule has 9 nitrogen and oxygen atoms in total. The molecule has 2 fully saturated rings. The first-order chi connectivity index (χ1) is 16.5. The molecule has 1 heterocycles. The number of hydrogen-bond acceptors (Lipinski definition) is 6. The largest absolute Gasteiger partial charge is 0.391 e. The Balaban J connectivity index is 1.36. The SMILES string of the molecule is Nc1cc(C(=O)N[C@H]2CCCC[C@@H]2OCc2ccccc2)n(CC(=O)N[C@@H]2CCCC[C@H]2O)n1. The van der Waals surface area contributed by atoms with Gasteiger partial charge in [0.05, 0.1) is 30.9 Å². The van der Waals surface area contributed by atoms with E-state index in [0.29, 0.717) is 13.0 Å². The highest BCUT2D eigenvalue weighted by Crippen LogP contribution is 2.23. The van der Waals surface area contributed by atoms with Crippen LogP contribution in [0.2, 0.25) is 0 Å². The maximum atomic E-state index is 13.1. The fourth-order valence-electron chi connectivity index (χ4n) is 4.89. The summed E-state index contributed by atoms with van der Waals surface area (Å²) in [7, 11) is 0. The van der Waals surface area contributed by atoms with Crippen molar-refractivity contribution < 1.29 is 19.4 Å². The van der Waals surface area contributed by atoms with Crippen LogP contribution in [0.5, 0.6) is 0 Å². The van der Waals surface area contributed by atoms with Gasteiger partial charge in [-0.1, -0.05) is 56.0 Å². The molecule has 0 aliphatic heterocycles. The van der Waals surface area contributed by atoms with E-state index in [0.717, 1.165) is 50.5 Å². The summed E-state index contributed by atoms with van der Waals surface area (Å²) in [6.07, 6.45) is 6.53. The van der Waals surface area contributed by atoms with Crippen LogP contribution in [0.1, 0.15) is 67.4 Å². The molecule has 4 atom stereocenters. The summed E-state index contributed by atoms with van der Waals surface area (Å²) < 4.78 is 7.49. The van der Waals surface area contributed by atoms with Gasteiger partial charge in [-0.25, -0.2) is 4.68 Å². The van der Waals surface area contributed by atoms with Crippen LogP contribution >= 0.6 is 0 Å². The second kappa shape index (κ2) is 11.5. The molecule has 2 aromatic rings. The van der Waals surface area contributed by atoms with E-state index in [1.54, 1.807) is 0 Å². The summed E-state index contributed by atoms with van der Waals surface area (Å²) in [5.41, 5.74) is 7.20. The van der Waals surface area contributed by atoms with E-state index in [1.807, 2.05) is 30.3 Å². The van der Waals surface area contributed by atoms with E-state index >= 15 is 0 Å². The van der Waals surface area contributed by atoms with E-state index in [-0.39, 0.29) is 48.1 Å². The van der Waals surface area contributed by atoms with Crippen LogP contribution in [0.25, 0.3) is 0 Å². The number of anilines is 1. The highest BCUT2D eigenvalue weighted by atomic mass is 16.5. The third-order valence-corrected chi connectivity index (χ3v) is 6.73. The van der Waals surface area contributed by atoms with Crippen LogP contribution in [0.15, 0.2) is 36.4 Å². The predicted molar refractivity (Wildman–Crippen MR) is 128 cm³/mol. The Kier molecular flexibility index (Phi) is 8.18. The Morgan fingerprint density at radius 1 is 1.03 bits per heavy atom. The van der Waals surface area contributed by atoms with Crippen molar-refractivity contribution in [1.29, 1.82) is 0 Å². The molecule has 9 heteroatoms. The smallest absolute Gasteiger partial charge is 0.269 e. The van der Waals surface area contributed by atoms with Crippen molar-refractivity contribution in [3.05, 3.63) is 47.7 Å². The minimum Gasteiger partial charge on any atom is -0.391 e. The fourth-order valence-corrected chi connectivity index (χ4v) is 4.89. The molecule has 2 saturated carbocycles. The number of nitrogen functional groups attached to an aromatic ring is 1. The zero-order chi connectivity index (χ0) is 23.9. The van der Waals surface area contributed by atoms with Crippen LogP contribution in [0.4, 0.5) is 5.82 Å². The summed E-state index contributed by atoms with van der Waals surface area (Å²) in [6.45, 7) is 0.359. The van der Waals surface area contributed by atoms with E-state index in [9.17, 15) is 14.7 Å². The van der Waals surface area contributed by atoms with Crippen molar-refractivity contribution in [2.45, 2.75) is 88.8 Å². The summed E-state index contributed by atoms with van der Waals surface area (Å²) >= 11 is 0. The van der Waals surface area contributed by atoms with Crippen molar-refractivity contribution in [2.24, 2.45) is 0 Å². The maximum Gasteiger partial charge on any atom is 0.269 e. The number of nitrogens with zero attached hydrogens (tertiary/aromatic N) is 2. The molecule has 2 aliphatic rings. The Morgan fingerprint density at radius 3 is 2.50 bits per heavy atom. The van der Waals surface area contributed by atoms with Crippen LogP contribution in [0.3, 0.4) is 0 Å². The first-order valence-corrected chi connectivity index (χ1v) is 12.3. The molecule has 1 aromatic carbocycles. The van der Waals surface area contributed by atoms with Gasteiger partial charge in [-0.2, -0.15) is 5.10 Å². The normalized spacial score (nSPS) is 25.0. The van der Waals surface area contributed by atoms with E-state index in [4.69, 9.17) is 10.5 Å². The van der Waals surface area contributed by atoms with Gasteiger partial charge in [0.1, 0.15) is 18.1 Å². The van der Waals surface area contributed by atoms with Crippen molar-refractivity contribution >= 4 is 17.6 Å². The average Bonchev–Trinajstić information content (AvgIpc) is 3.20. The van der Waals surface area contributed by atoms with Crippen molar-refractivity contribution in [3.8, 4) is 0 Å². The molecule has 0 radical (unpaired) electrons. The van der Waals surface area contributed by atoms with Crippen molar-refractivity contribution in [2.75, 3.05) is 5.73 Å². The number of carbonyl (C=O) groups excluding carboxylic acids is 2. The molecule has 0 saturated heterocycles. The number of benzene rings is 1. The Labute approximate surface area is 200 Å². The standard InChI is InChI=1S/C25H35N5O4/c26-23-14-20(30(29-23)15-24(32)27-18-10-4-6-12-21(18)31)25(33)28-19-11-5-7-13-22(19)34-16-17-8-2-1-3-9-17/h1-3,8-9,14,18-19,21-22,31H,4-7,10-13,15-16H2,(H2,26,29)(H,27,32)(H,28,33)/t18-,19+,21-,22+/m1/s1. The number of rotatable bonds is 8. The van der Waals surface area contributed by atoms with E-state index in [1.165, 1.54) is 10.7 Å². The van der Waals surface area contributed by atoms with Crippen molar-refractivity contribution in [3.63, 3.8) is 0 Å². The van der Waals surface area contributed by atoms with E-state index < -0.39 is 6.10 Å². The number of aliphatic hydroxyl groups is 1. The first-order valence-electron chi connectivity index (χ1n) is 12.3. The van der Waals surface area contributed by atoms with Crippen LogP contribution < -0.4 is 16.4 Å². The van der Waals surface area contributed by atoms with Crippen molar-refractivity contribution in [1.82, 2.24) is 20.4 Å². The van der Waals surface area contributed by atoms with Gasteiger partial charge in [-0.05, 0) is 31.2 Å². The molecule has 184 valence electrons. The van der Waals surface area contributed by atoms with Crippen LogP contribution in [-0.4, -0.2) is 51.0 Å². The molecular formula is C25H35N5O4. The third-order valence-electron chi connectivity index (χ3n) is 6.73. The van der Waals surface area contributed by atoms with Crippen LogP contribution in [0, 0.1) is 0 Å². The first kappa shape index (κ1) is 24.2. The number of amides is 2. The van der Waals surface area contributed by atoms with Gasteiger partial charge in [-0.15, -0.1) is 0 Å². The molecule has 34 heavy (non-hydrogen) atoms. The number of hydrogen-bond donors (Lipinski definition) is 4. The van der Waals surface area contributed by atoms with Gasteiger partial charge in [0.15, 0.2) is 0 Å². The number of aliphatic hydroxyl groups excluding tert-OH is 1. The third kappa shape index (κ3) is 6.36. The van der Waals surface area contributed by atoms with Gasteiger partial charge in [0.25, 0.3) is 5.91 Å². The number of aromatic nitrogens is 2. The summed E-state index contributed by atoms with van der Waals surface area (Å²) in [5, 5.41) is 20.2. The van der Waals surface area contributed by atoms with E-state index in [2.05, 4.69) is 15.7 Å². The minimum atomic E-state index is -0.540. The molecular weight excluding hydrogens is 434 g/mol. The predicted octanol–water partition coefficient (Wildman–Crippen LogP) is 2.14. The molecule has 4 rings (SSSR count). The number of nitrogens with two attached hydrogens (primary N) is 1. The van der Waals surface area contributed by atoms with Gasteiger partial charge < -0.3 is 26.2 Å². The monoisotopic (exact) mass is 469 g/mol. The second-order valence-electron chi connectivity index (χ2n) is 9.34. The van der Waals surface area contributed by atoms with Gasteiger partial charge in [0, 0.05) is 6.07 Å². The average molecular weight is 470 g/mol. The molecule has 0 unspecified atom stereocenters. The number of ether oxygens (including phenoxy) is 1. The van der Waals surface area contributed by atoms with Gasteiger partial charge in [-0.3, -0.25) is 9.59 Å². The highest BCUT2D eigenvalue weighted by molar-refractivity contribution is 5.94. The maximum absolute atomic E-state index is 13.1. The lowest BCUT2D eigenvalue weighted by Crippen LogP contribution is -2.47. The minimum absolute atomic E-state index is 0.0808. The topological polar surface area (TPSA) is 132 Å². The highest BCUT2D eigenvalue weighted by Gasteiger charge is 2.29. The quantitative estimate of drug-likeness (QED) is 0.468. The zero-order valence-corrected chi connectivity index (χ0v) is 19.5. The number of nitrogens with one attached hydrogen (secondary N) is 2. The lowest BCUT2D eigenvalue weighted by Gasteiger charge is -2.32. The fraction of sp³-hybridized carbons (Fsp3) is 0.560. The molecule has 0 spiro atoms. The second-order valence-corrected chi connectivity index (χ2v) is 9.34.